The molecule has 162 valence electrons. The number of hydrogen-bond acceptors (Lipinski definition) is 4. The maximum Gasteiger partial charge on any atom is 0.387 e. The van der Waals surface area contributed by atoms with E-state index in [1.807, 2.05) is 6.92 Å². The molecule has 2 aromatic rings. The van der Waals surface area contributed by atoms with Crippen molar-refractivity contribution < 1.29 is 27.4 Å². The molecule has 0 radical (unpaired) electrons. The first-order valence-electron chi connectivity index (χ1n) is 9.10. The van der Waals surface area contributed by atoms with Gasteiger partial charge >= 0.3 is 6.61 Å². The zero-order chi connectivity index (χ0) is 21.9. The molecule has 0 aliphatic rings. The number of anilines is 1. The topological polar surface area (TPSA) is 84.0 Å². The number of guanidine groups is 1. The fourth-order valence-corrected chi connectivity index (χ4v) is 2.46. The van der Waals surface area contributed by atoms with Gasteiger partial charge in [0.05, 0.1) is 20.2 Å². The van der Waals surface area contributed by atoms with Crippen LogP contribution in [0.2, 0.25) is 0 Å². The first-order chi connectivity index (χ1) is 14.4. The Bertz CT molecular complexity index is 878. The molecular weight excluding hydrogens is 401 g/mol. The Kier molecular flexibility index (Phi) is 8.79. The van der Waals surface area contributed by atoms with Crippen molar-refractivity contribution in [2.75, 3.05) is 25.5 Å². The maximum absolute atomic E-state index is 13.2. The first kappa shape index (κ1) is 22.9. The minimum absolute atomic E-state index is 0.000101. The predicted molar refractivity (Wildman–Crippen MR) is 107 cm³/mol. The number of methoxy groups -OCH3 is 1. The van der Waals surface area contributed by atoms with Crippen molar-refractivity contribution in [3.8, 4) is 11.5 Å². The van der Waals surface area contributed by atoms with Crippen LogP contribution >= 0.6 is 0 Å². The first-order valence-corrected chi connectivity index (χ1v) is 9.10. The van der Waals surface area contributed by atoms with E-state index in [0.717, 1.165) is 0 Å². The van der Waals surface area contributed by atoms with Gasteiger partial charge in [-0.15, -0.1) is 0 Å². The fraction of sp³-hybridized carbons (Fsp3) is 0.300. The van der Waals surface area contributed by atoms with Gasteiger partial charge < -0.3 is 25.4 Å². The van der Waals surface area contributed by atoms with E-state index in [4.69, 9.17) is 4.74 Å². The second-order valence-electron chi connectivity index (χ2n) is 5.96. The van der Waals surface area contributed by atoms with Gasteiger partial charge in [0.2, 0.25) is 5.91 Å². The van der Waals surface area contributed by atoms with Crippen LogP contribution in [0, 0.1) is 5.82 Å². The molecule has 2 aromatic carbocycles. The maximum atomic E-state index is 13.2. The highest BCUT2D eigenvalue weighted by Gasteiger charge is 2.11. The van der Waals surface area contributed by atoms with Crippen molar-refractivity contribution in [3.63, 3.8) is 0 Å². The number of alkyl halides is 2. The summed E-state index contributed by atoms with van der Waals surface area (Å²) in [6, 6.07) is 9.94. The van der Waals surface area contributed by atoms with Crippen LogP contribution in [-0.4, -0.2) is 38.7 Å². The summed E-state index contributed by atoms with van der Waals surface area (Å²) in [5.74, 6) is -0.133. The van der Waals surface area contributed by atoms with Crippen LogP contribution in [0.1, 0.15) is 12.5 Å². The van der Waals surface area contributed by atoms with Crippen molar-refractivity contribution >= 4 is 17.6 Å². The molecule has 7 nitrogen and oxygen atoms in total. The van der Waals surface area contributed by atoms with Gasteiger partial charge in [0, 0.05) is 17.8 Å². The highest BCUT2D eigenvalue weighted by Crippen LogP contribution is 2.26. The van der Waals surface area contributed by atoms with Gasteiger partial charge in [0.15, 0.2) is 5.96 Å². The van der Waals surface area contributed by atoms with E-state index in [0.29, 0.717) is 23.5 Å². The number of hydrogen-bond donors (Lipinski definition) is 3. The van der Waals surface area contributed by atoms with Crippen LogP contribution < -0.4 is 25.4 Å². The standard InChI is InChI=1S/C20H23F3N4O3/c1-3-24-20(26-12-18(28)27-15-6-4-5-14(21)10-15)25-11-13-9-16(29-2)7-8-17(13)30-19(22)23/h4-10,19H,3,11-12H2,1-2H3,(H,27,28)(H2,24,25,26). The molecule has 0 bridgehead atoms. The number of benzene rings is 2. The summed E-state index contributed by atoms with van der Waals surface area (Å²) in [5.41, 5.74) is 0.713. The molecule has 0 unspecified atom stereocenters. The number of aliphatic imine (C=N–C) groups is 1. The predicted octanol–water partition coefficient (Wildman–Crippen LogP) is 3.13. The Labute approximate surface area is 172 Å². The normalized spacial score (nSPS) is 11.2. The van der Waals surface area contributed by atoms with E-state index in [2.05, 4.69) is 25.7 Å². The molecule has 0 aliphatic carbocycles. The molecule has 3 N–H and O–H groups in total. The zero-order valence-electron chi connectivity index (χ0n) is 16.5. The molecule has 2 rings (SSSR count). The molecule has 0 saturated carbocycles. The summed E-state index contributed by atoms with van der Waals surface area (Å²) in [4.78, 5) is 16.4. The Balaban J connectivity index is 2.04. The molecular formula is C20H23F3N4O3. The van der Waals surface area contributed by atoms with Crippen molar-refractivity contribution in [3.05, 3.63) is 53.8 Å². The number of rotatable bonds is 9. The second-order valence-corrected chi connectivity index (χ2v) is 5.96. The molecule has 0 fully saturated rings. The van der Waals surface area contributed by atoms with E-state index in [9.17, 15) is 18.0 Å². The van der Waals surface area contributed by atoms with E-state index in [-0.39, 0.29) is 24.8 Å². The van der Waals surface area contributed by atoms with Gasteiger partial charge in [0.1, 0.15) is 17.3 Å². The van der Waals surface area contributed by atoms with Gasteiger partial charge in [-0.25, -0.2) is 9.38 Å². The highest BCUT2D eigenvalue weighted by atomic mass is 19.3. The molecule has 0 aliphatic heterocycles. The number of amides is 1. The fourth-order valence-electron chi connectivity index (χ4n) is 2.46. The van der Waals surface area contributed by atoms with Crippen molar-refractivity contribution in [1.29, 1.82) is 0 Å². The SMILES string of the molecule is CCNC(=NCc1cc(OC)ccc1OC(F)F)NCC(=O)Nc1cccc(F)c1. The lowest BCUT2D eigenvalue weighted by molar-refractivity contribution is -0.115. The van der Waals surface area contributed by atoms with Crippen molar-refractivity contribution in [2.45, 2.75) is 20.1 Å². The summed E-state index contributed by atoms with van der Waals surface area (Å²) in [7, 11) is 1.46. The van der Waals surface area contributed by atoms with Crippen LogP contribution in [0.5, 0.6) is 11.5 Å². The van der Waals surface area contributed by atoms with Crippen LogP contribution in [0.4, 0.5) is 18.9 Å². The minimum Gasteiger partial charge on any atom is -0.497 e. The third-order valence-corrected chi connectivity index (χ3v) is 3.76. The van der Waals surface area contributed by atoms with Crippen LogP contribution in [0.25, 0.3) is 0 Å². The Morgan fingerprint density at radius 1 is 1.17 bits per heavy atom. The third kappa shape index (κ3) is 7.53. The lowest BCUT2D eigenvalue weighted by Crippen LogP contribution is -2.41. The molecule has 0 spiro atoms. The monoisotopic (exact) mass is 424 g/mol. The summed E-state index contributed by atoms with van der Waals surface area (Å²) < 4.78 is 48.1. The number of nitrogens with one attached hydrogen (secondary N) is 3. The van der Waals surface area contributed by atoms with E-state index in [1.54, 1.807) is 12.1 Å². The minimum atomic E-state index is -2.97. The second kappa shape index (κ2) is 11.5. The number of nitrogens with zero attached hydrogens (tertiary/aromatic N) is 1. The summed E-state index contributed by atoms with van der Waals surface area (Å²) in [6.45, 7) is -0.767. The largest absolute Gasteiger partial charge is 0.497 e. The number of ether oxygens (including phenoxy) is 2. The van der Waals surface area contributed by atoms with Gasteiger partial charge in [-0.05, 0) is 43.3 Å². The molecule has 0 atom stereocenters. The van der Waals surface area contributed by atoms with Gasteiger partial charge in [-0.3, -0.25) is 4.79 Å². The Morgan fingerprint density at radius 2 is 1.97 bits per heavy atom. The van der Waals surface area contributed by atoms with Gasteiger partial charge in [-0.2, -0.15) is 8.78 Å². The van der Waals surface area contributed by atoms with E-state index in [1.165, 1.54) is 37.4 Å². The smallest absolute Gasteiger partial charge is 0.387 e. The third-order valence-electron chi connectivity index (χ3n) is 3.76. The Hall–Kier alpha value is -3.43. The summed E-state index contributed by atoms with van der Waals surface area (Å²) >= 11 is 0. The number of halogens is 3. The van der Waals surface area contributed by atoms with E-state index >= 15 is 0 Å². The molecule has 10 heteroatoms. The average Bonchev–Trinajstić information content (AvgIpc) is 2.70. The lowest BCUT2D eigenvalue weighted by atomic mass is 10.2. The Morgan fingerprint density at radius 3 is 2.63 bits per heavy atom. The van der Waals surface area contributed by atoms with Gasteiger partial charge in [-0.1, -0.05) is 6.07 Å². The van der Waals surface area contributed by atoms with Crippen molar-refractivity contribution in [2.24, 2.45) is 4.99 Å². The summed E-state index contributed by atoms with van der Waals surface area (Å²) in [6.07, 6.45) is 0. The molecule has 1 amide bonds. The van der Waals surface area contributed by atoms with Crippen LogP contribution in [0.15, 0.2) is 47.5 Å². The summed E-state index contributed by atoms with van der Waals surface area (Å²) in [5, 5.41) is 8.33. The van der Waals surface area contributed by atoms with E-state index < -0.39 is 18.3 Å². The lowest BCUT2D eigenvalue weighted by Gasteiger charge is -2.13. The molecule has 0 aromatic heterocycles. The molecule has 0 heterocycles. The average molecular weight is 424 g/mol. The highest BCUT2D eigenvalue weighted by molar-refractivity contribution is 5.94. The molecule has 30 heavy (non-hydrogen) atoms. The number of carbonyl (C=O) groups is 1. The quantitative estimate of drug-likeness (QED) is 0.426. The zero-order valence-corrected chi connectivity index (χ0v) is 16.5. The molecule has 0 saturated heterocycles. The number of carbonyl (C=O) groups excluding carboxylic acids is 1. The van der Waals surface area contributed by atoms with Crippen molar-refractivity contribution in [1.82, 2.24) is 10.6 Å². The van der Waals surface area contributed by atoms with Gasteiger partial charge in [0.25, 0.3) is 0 Å². The van der Waals surface area contributed by atoms with Crippen LogP contribution in [-0.2, 0) is 11.3 Å². The van der Waals surface area contributed by atoms with Crippen LogP contribution in [0.3, 0.4) is 0 Å².